The van der Waals surface area contributed by atoms with E-state index in [1.54, 1.807) is 0 Å². The van der Waals surface area contributed by atoms with E-state index in [0.717, 1.165) is 28.3 Å². The van der Waals surface area contributed by atoms with Crippen LogP contribution in [0.5, 0.6) is 0 Å². The van der Waals surface area contributed by atoms with Gasteiger partial charge in [-0.15, -0.1) is 0 Å². The molecule has 2 heterocycles. The Kier molecular flexibility index (Phi) is 3.83. The summed E-state index contributed by atoms with van der Waals surface area (Å²) >= 11 is 0. The van der Waals surface area contributed by atoms with Crippen molar-refractivity contribution in [2.75, 3.05) is 10.2 Å². The summed E-state index contributed by atoms with van der Waals surface area (Å²) in [6, 6.07) is 35.4. The lowest BCUT2D eigenvalue weighted by Crippen LogP contribution is -2.24. The molecule has 3 nitrogen and oxygen atoms in total. The fraction of sp³-hybridized carbons (Fsp3) is 0.0417. The van der Waals surface area contributed by atoms with Crippen LogP contribution in [0.25, 0.3) is 11.3 Å². The molecule has 3 aromatic carbocycles. The molecular formula is C24H19N3. The first-order valence-corrected chi connectivity index (χ1v) is 9.12. The van der Waals surface area contributed by atoms with Gasteiger partial charge in [0.25, 0.3) is 0 Å². The van der Waals surface area contributed by atoms with Crippen LogP contribution < -0.4 is 10.2 Å². The third-order valence-corrected chi connectivity index (χ3v) is 4.87. The zero-order chi connectivity index (χ0) is 18.1. The van der Waals surface area contributed by atoms with Gasteiger partial charge in [0.2, 0.25) is 0 Å². The predicted molar refractivity (Wildman–Crippen MR) is 111 cm³/mol. The molecule has 0 radical (unpaired) electrons. The Morgan fingerprint density at radius 1 is 0.667 bits per heavy atom. The first kappa shape index (κ1) is 15.6. The van der Waals surface area contributed by atoms with Crippen LogP contribution in [0.1, 0.15) is 11.9 Å². The molecule has 0 bridgehead atoms. The summed E-state index contributed by atoms with van der Waals surface area (Å²) in [6.07, 6.45) is -0.0477. The van der Waals surface area contributed by atoms with E-state index in [0.29, 0.717) is 0 Å². The molecule has 4 aromatic rings. The number of rotatable bonds is 3. The number of para-hydroxylation sites is 3. The van der Waals surface area contributed by atoms with Crippen LogP contribution in [-0.2, 0) is 0 Å². The van der Waals surface area contributed by atoms with Crippen molar-refractivity contribution in [2.45, 2.75) is 6.17 Å². The van der Waals surface area contributed by atoms with E-state index in [1.807, 2.05) is 24.3 Å². The van der Waals surface area contributed by atoms with E-state index in [1.165, 1.54) is 5.69 Å². The maximum atomic E-state index is 4.98. The largest absolute Gasteiger partial charge is 0.358 e. The molecule has 130 valence electrons. The number of pyridine rings is 1. The van der Waals surface area contributed by atoms with Crippen molar-refractivity contribution < 1.29 is 0 Å². The lowest BCUT2D eigenvalue weighted by molar-refractivity contribution is 0.794. The number of hydrogen-bond donors (Lipinski definition) is 1. The minimum Gasteiger partial charge on any atom is -0.358 e. The average molecular weight is 349 g/mol. The Morgan fingerprint density at radius 2 is 1.37 bits per heavy atom. The maximum absolute atomic E-state index is 4.98. The second kappa shape index (κ2) is 6.61. The normalized spacial score (nSPS) is 15.3. The zero-order valence-corrected chi connectivity index (χ0v) is 14.8. The van der Waals surface area contributed by atoms with Gasteiger partial charge in [0.05, 0.1) is 22.8 Å². The molecule has 1 N–H and O–H groups in total. The highest BCUT2D eigenvalue weighted by atomic mass is 15.3. The first-order valence-electron chi connectivity index (χ1n) is 9.12. The summed E-state index contributed by atoms with van der Waals surface area (Å²) in [5, 5.41) is 3.64. The fourth-order valence-corrected chi connectivity index (χ4v) is 3.61. The molecule has 1 atom stereocenters. The molecule has 0 amide bonds. The molecule has 27 heavy (non-hydrogen) atoms. The Balaban J connectivity index is 1.60. The standard InChI is InChI=1S/C24H19N3/c1-3-10-18(11-4-1)20-15-9-16-22(25-20)24-26-21-14-7-8-17-23(21)27(24)19-12-5-2-6-13-19/h1-17,24,26H. The van der Waals surface area contributed by atoms with E-state index in [-0.39, 0.29) is 6.17 Å². The van der Waals surface area contributed by atoms with Crippen LogP contribution >= 0.6 is 0 Å². The van der Waals surface area contributed by atoms with E-state index in [2.05, 4.69) is 89.1 Å². The Morgan fingerprint density at radius 3 is 2.19 bits per heavy atom. The van der Waals surface area contributed by atoms with Crippen molar-refractivity contribution in [2.24, 2.45) is 0 Å². The van der Waals surface area contributed by atoms with E-state index in [4.69, 9.17) is 4.98 Å². The molecular weight excluding hydrogens is 330 g/mol. The second-order valence-corrected chi connectivity index (χ2v) is 6.58. The van der Waals surface area contributed by atoms with E-state index < -0.39 is 0 Å². The lowest BCUT2D eigenvalue weighted by Gasteiger charge is -2.27. The van der Waals surface area contributed by atoms with Crippen molar-refractivity contribution in [3.63, 3.8) is 0 Å². The van der Waals surface area contributed by atoms with Crippen LogP contribution in [0.2, 0.25) is 0 Å². The highest BCUT2D eigenvalue weighted by Crippen LogP contribution is 2.45. The predicted octanol–water partition coefficient (Wildman–Crippen LogP) is 6.01. The van der Waals surface area contributed by atoms with Gasteiger partial charge >= 0.3 is 0 Å². The second-order valence-electron chi connectivity index (χ2n) is 6.58. The number of fused-ring (bicyclic) bond motifs is 1. The molecule has 3 heteroatoms. The number of hydrogen-bond acceptors (Lipinski definition) is 3. The highest BCUT2D eigenvalue weighted by Gasteiger charge is 2.31. The molecule has 1 aromatic heterocycles. The molecule has 1 unspecified atom stereocenters. The van der Waals surface area contributed by atoms with Gasteiger partial charge in [-0.05, 0) is 36.4 Å². The van der Waals surface area contributed by atoms with Crippen molar-refractivity contribution in [1.29, 1.82) is 0 Å². The third kappa shape index (κ3) is 2.83. The summed E-state index contributed by atoms with van der Waals surface area (Å²) < 4.78 is 0. The van der Waals surface area contributed by atoms with Crippen molar-refractivity contribution in [3.8, 4) is 11.3 Å². The number of aromatic nitrogens is 1. The zero-order valence-electron chi connectivity index (χ0n) is 14.8. The summed E-state index contributed by atoms with van der Waals surface area (Å²) in [7, 11) is 0. The van der Waals surface area contributed by atoms with Crippen LogP contribution in [0.3, 0.4) is 0 Å². The highest BCUT2D eigenvalue weighted by molar-refractivity contribution is 5.82. The van der Waals surface area contributed by atoms with Gasteiger partial charge in [0.15, 0.2) is 0 Å². The van der Waals surface area contributed by atoms with Crippen molar-refractivity contribution in [3.05, 3.63) is 109 Å². The molecule has 0 spiro atoms. The van der Waals surface area contributed by atoms with Crippen LogP contribution in [0.15, 0.2) is 103 Å². The third-order valence-electron chi connectivity index (χ3n) is 4.87. The average Bonchev–Trinajstić information content (AvgIpc) is 3.15. The topological polar surface area (TPSA) is 28.2 Å². The van der Waals surface area contributed by atoms with Gasteiger partial charge in [0, 0.05) is 11.3 Å². The maximum Gasteiger partial charge on any atom is 0.147 e. The molecule has 1 aliphatic heterocycles. The molecule has 0 aliphatic carbocycles. The monoisotopic (exact) mass is 349 g/mol. The van der Waals surface area contributed by atoms with Crippen LogP contribution in [-0.4, -0.2) is 4.98 Å². The number of nitrogens with zero attached hydrogens (tertiary/aromatic N) is 2. The minimum atomic E-state index is -0.0477. The van der Waals surface area contributed by atoms with Gasteiger partial charge in [-0.2, -0.15) is 0 Å². The van der Waals surface area contributed by atoms with Gasteiger partial charge in [-0.1, -0.05) is 66.7 Å². The summed E-state index contributed by atoms with van der Waals surface area (Å²) in [5.41, 5.74) is 6.54. The fourth-order valence-electron chi connectivity index (χ4n) is 3.61. The van der Waals surface area contributed by atoms with Crippen LogP contribution in [0.4, 0.5) is 17.1 Å². The molecule has 1 aliphatic rings. The van der Waals surface area contributed by atoms with Gasteiger partial charge in [-0.3, -0.25) is 0 Å². The summed E-state index contributed by atoms with van der Waals surface area (Å²) in [6.45, 7) is 0. The lowest BCUT2D eigenvalue weighted by atomic mass is 10.1. The van der Waals surface area contributed by atoms with Gasteiger partial charge < -0.3 is 10.2 Å². The van der Waals surface area contributed by atoms with E-state index >= 15 is 0 Å². The number of benzene rings is 3. The Labute approximate surface area is 158 Å². The van der Waals surface area contributed by atoms with E-state index in [9.17, 15) is 0 Å². The molecule has 0 saturated carbocycles. The summed E-state index contributed by atoms with van der Waals surface area (Å²) in [5.74, 6) is 0. The minimum absolute atomic E-state index is 0.0477. The van der Waals surface area contributed by atoms with Gasteiger partial charge in [-0.25, -0.2) is 4.98 Å². The molecule has 5 rings (SSSR count). The summed E-state index contributed by atoms with van der Waals surface area (Å²) in [4.78, 5) is 7.29. The van der Waals surface area contributed by atoms with Crippen LogP contribution in [0, 0.1) is 0 Å². The quantitative estimate of drug-likeness (QED) is 0.491. The number of anilines is 3. The Bertz CT molecular complexity index is 1060. The van der Waals surface area contributed by atoms with Gasteiger partial charge in [0.1, 0.15) is 6.17 Å². The molecule has 0 fully saturated rings. The van der Waals surface area contributed by atoms with Crippen molar-refractivity contribution in [1.82, 2.24) is 4.98 Å². The molecule has 0 saturated heterocycles. The smallest absolute Gasteiger partial charge is 0.147 e. The first-order chi connectivity index (χ1) is 13.4. The van der Waals surface area contributed by atoms with Crippen molar-refractivity contribution >= 4 is 17.1 Å². The number of nitrogens with one attached hydrogen (secondary N) is 1. The SMILES string of the molecule is c1ccc(-c2cccc(C3Nc4ccccc4N3c3ccccc3)n2)cc1. The Hall–Kier alpha value is -3.59.